The van der Waals surface area contributed by atoms with Crippen molar-refractivity contribution in [1.29, 1.82) is 0 Å². The van der Waals surface area contributed by atoms with E-state index in [-0.39, 0.29) is 12.5 Å². The number of nitrogens with zero attached hydrogens (tertiary/aromatic N) is 5. The van der Waals surface area contributed by atoms with Gasteiger partial charge in [0.05, 0.1) is 12.1 Å². The van der Waals surface area contributed by atoms with Crippen molar-refractivity contribution in [1.82, 2.24) is 30.2 Å². The zero-order chi connectivity index (χ0) is 31.5. The van der Waals surface area contributed by atoms with E-state index in [9.17, 15) is 9.59 Å². The summed E-state index contributed by atoms with van der Waals surface area (Å²) in [6, 6.07) is 11.5. The maximum Gasteiger partial charge on any atom is 0.407 e. The highest BCUT2D eigenvalue weighted by Crippen LogP contribution is 2.24. The Hall–Kier alpha value is -4.58. The molecule has 0 aliphatic rings. The Morgan fingerprint density at radius 1 is 0.977 bits per heavy atom. The lowest BCUT2D eigenvalue weighted by molar-refractivity contribution is -0.156. The average Bonchev–Trinajstić information content (AvgIpc) is 2.90. The van der Waals surface area contributed by atoms with Crippen LogP contribution in [0.1, 0.15) is 47.1 Å². The van der Waals surface area contributed by atoms with Crippen LogP contribution in [-0.4, -0.2) is 74.3 Å². The van der Waals surface area contributed by atoms with Crippen molar-refractivity contribution in [3.8, 4) is 11.4 Å². The second kappa shape index (κ2) is 15.1. The number of rotatable bonds is 13. The van der Waals surface area contributed by atoms with Gasteiger partial charge in [-0.3, -0.25) is 9.69 Å². The van der Waals surface area contributed by atoms with Gasteiger partial charge in [-0.2, -0.15) is 4.98 Å². The number of ether oxygens (including phenoxy) is 2. The summed E-state index contributed by atoms with van der Waals surface area (Å²) in [7, 11) is 0. The van der Waals surface area contributed by atoms with Gasteiger partial charge in [0.25, 0.3) is 0 Å². The molecule has 1 aromatic carbocycles. The number of nitrogens with one attached hydrogen (secondary N) is 3. The molecule has 0 atom stereocenters. The Bertz CT molecular complexity index is 1380. The first-order valence-corrected chi connectivity index (χ1v) is 14.1. The SMILES string of the molecule is C=CCN(CC(=O)OC(C)(C)C)Cc1cccc(Nc2ncnc(-c3cccnc3NCCNC(=O)OC(C)(C)C)n2)c1. The summed E-state index contributed by atoms with van der Waals surface area (Å²) in [6.07, 6.45) is 4.38. The molecule has 0 spiro atoms. The highest BCUT2D eigenvalue weighted by Gasteiger charge is 2.19. The van der Waals surface area contributed by atoms with Crippen LogP contribution >= 0.6 is 0 Å². The molecule has 12 nitrogen and oxygen atoms in total. The van der Waals surface area contributed by atoms with E-state index in [0.29, 0.717) is 49.3 Å². The molecule has 230 valence electrons. The molecule has 1 amide bonds. The summed E-state index contributed by atoms with van der Waals surface area (Å²) in [4.78, 5) is 43.9. The third-order valence-corrected chi connectivity index (χ3v) is 5.46. The number of alkyl carbamates (subject to hydrolysis) is 1. The molecule has 12 heteroatoms. The average molecular weight is 591 g/mol. The predicted octanol–water partition coefficient (Wildman–Crippen LogP) is 4.94. The van der Waals surface area contributed by atoms with Gasteiger partial charge in [-0.25, -0.2) is 19.7 Å². The molecule has 0 aliphatic heterocycles. The molecule has 43 heavy (non-hydrogen) atoms. The normalized spacial score (nSPS) is 11.5. The van der Waals surface area contributed by atoms with Crippen LogP contribution in [0.3, 0.4) is 0 Å². The lowest BCUT2D eigenvalue weighted by Gasteiger charge is -2.24. The molecular formula is C31H42N8O4. The van der Waals surface area contributed by atoms with E-state index in [1.165, 1.54) is 6.33 Å². The van der Waals surface area contributed by atoms with Gasteiger partial charge in [0.1, 0.15) is 23.3 Å². The van der Waals surface area contributed by atoms with Crippen LogP contribution in [0.4, 0.5) is 22.2 Å². The molecule has 0 bridgehead atoms. The molecule has 3 aromatic rings. The number of hydrogen-bond donors (Lipinski definition) is 3. The maximum atomic E-state index is 12.4. The Morgan fingerprint density at radius 2 is 1.74 bits per heavy atom. The molecule has 0 radical (unpaired) electrons. The number of anilines is 3. The highest BCUT2D eigenvalue weighted by atomic mass is 16.6. The predicted molar refractivity (Wildman–Crippen MR) is 167 cm³/mol. The fraction of sp³-hybridized carbons (Fsp3) is 0.419. The molecule has 3 N–H and O–H groups in total. The van der Waals surface area contributed by atoms with Gasteiger partial charge in [0.2, 0.25) is 5.95 Å². The van der Waals surface area contributed by atoms with Gasteiger partial charge in [0, 0.05) is 38.1 Å². The van der Waals surface area contributed by atoms with Gasteiger partial charge < -0.3 is 25.4 Å². The third-order valence-electron chi connectivity index (χ3n) is 5.46. The summed E-state index contributed by atoms with van der Waals surface area (Å²) in [5.74, 6) is 1.07. The maximum absolute atomic E-state index is 12.4. The lowest BCUT2D eigenvalue weighted by Crippen LogP contribution is -2.35. The quantitative estimate of drug-likeness (QED) is 0.141. The van der Waals surface area contributed by atoms with Crippen molar-refractivity contribution in [3.05, 3.63) is 67.1 Å². The first-order chi connectivity index (χ1) is 20.3. The highest BCUT2D eigenvalue weighted by molar-refractivity contribution is 5.72. The Morgan fingerprint density at radius 3 is 2.47 bits per heavy atom. The first-order valence-electron chi connectivity index (χ1n) is 14.1. The number of amides is 1. The van der Waals surface area contributed by atoms with Gasteiger partial charge in [-0.15, -0.1) is 6.58 Å². The number of hydrogen-bond acceptors (Lipinski definition) is 11. The zero-order valence-corrected chi connectivity index (χ0v) is 25.8. The van der Waals surface area contributed by atoms with E-state index in [4.69, 9.17) is 9.47 Å². The number of pyridine rings is 1. The van der Waals surface area contributed by atoms with Crippen LogP contribution < -0.4 is 16.0 Å². The summed E-state index contributed by atoms with van der Waals surface area (Å²) in [6.45, 7) is 16.8. The molecule has 0 saturated heterocycles. The second-order valence-corrected chi connectivity index (χ2v) is 11.8. The van der Waals surface area contributed by atoms with E-state index < -0.39 is 17.3 Å². The van der Waals surface area contributed by atoms with Crippen molar-refractivity contribution in [2.75, 3.05) is 36.8 Å². The molecule has 0 unspecified atom stereocenters. The van der Waals surface area contributed by atoms with Crippen molar-refractivity contribution in [2.24, 2.45) is 0 Å². The molecule has 2 aromatic heterocycles. The topological polar surface area (TPSA) is 143 Å². The van der Waals surface area contributed by atoms with Crippen molar-refractivity contribution >= 4 is 29.5 Å². The van der Waals surface area contributed by atoms with Crippen LogP contribution in [-0.2, 0) is 20.8 Å². The molecule has 3 rings (SSSR count). The smallest absolute Gasteiger partial charge is 0.407 e. The second-order valence-electron chi connectivity index (χ2n) is 11.8. The monoisotopic (exact) mass is 590 g/mol. The van der Waals surface area contributed by atoms with E-state index in [0.717, 1.165) is 11.3 Å². The molecule has 0 aliphatic carbocycles. The summed E-state index contributed by atoms with van der Waals surface area (Å²) >= 11 is 0. The van der Waals surface area contributed by atoms with Crippen LogP contribution in [0.5, 0.6) is 0 Å². The van der Waals surface area contributed by atoms with E-state index in [1.807, 2.05) is 76.8 Å². The number of aromatic nitrogens is 4. The van der Waals surface area contributed by atoms with Gasteiger partial charge >= 0.3 is 12.1 Å². The van der Waals surface area contributed by atoms with Gasteiger partial charge in [0.15, 0.2) is 5.82 Å². The number of esters is 1. The third kappa shape index (κ3) is 12.0. The summed E-state index contributed by atoms with van der Waals surface area (Å²) in [5.41, 5.74) is 1.34. The number of carbonyl (C=O) groups excluding carboxylic acids is 2. The standard InChI is InChI=1S/C31H42N8O4/c1-8-17-39(20-25(40)42-30(2,3)4)19-22-11-9-12-23(18-22)37-28-36-21-35-27(38-28)24-13-10-14-32-26(24)33-15-16-34-29(41)43-31(5,6)7/h8-14,18,21H,1,15-17,19-20H2,2-7H3,(H,32,33)(H,34,41)(H,35,36,37,38). The van der Waals surface area contributed by atoms with E-state index >= 15 is 0 Å². The van der Waals surface area contributed by atoms with Crippen LogP contribution in [0.2, 0.25) is 0 Å². The van der Waals surface area contributed by atoms with Crippen molar-refractivity contribution < 1.29 is 19.1 Å². The van der Waals surface area contributed by atoms with Crippen LogP contribution in [0, 0.1) is 0 Å². The Labute approximate surface area is 253 Å². The minimum atomic E-state index is -0.564. The summed E-state index contributed by atoms with van der Waals surface area (Å²) in [5, 5.41) is 9.17. The minimum Gasteiger partial charge on any atom is -0.459 e. The molecule has 2 heterocycles. The van der Waals surface area contributed by atoms with E-state index in [2.05, 4.69) is 42.5 Å². The van der Waals surface area contributed by atoms with Crippen molar-refractivity contribution in [3.63, 3.8) is 0 Å². The van der Waals surface area contributed by atoms with E-state index in [1.54, 1.807) is 18.3 Å². The van der Waals surface area contributed by atoms with Crippen LogP contribution in [0.25, 0.3) is 11.4 Å². The molecular weight excluding hydrogens is 548 g/mol. The van der Waals surface area contributed by atoms with Crippen molar-refractivity contribution in [2.45, 2.75) is 59.3 Å². The zero-order valence-electron chi connectivity index (χ0n) is 25.8. The summed E-state index contributed by atoms with van der Waals surface area (Å²) < 4.78 is 10.7. The largest absolute Gasteiger partial charge is 0.459 e. The first kappa shape index (κ1) is 32.9. The fourth-order valence-electron chi connectivity index (χ4n) is 3.93. The van der Waals surface area contributed by atoms with Gasteiger partial charge in [-0.05, 0) is 71.4 Å². The Kier molecular flexibility index (Phi) is 11.5. The molecule has 0 fully saturated rings. The van der Waals surface area contributed by atoms with Gasteiger partial charge in [-0.1, -0.05) is 18.2 Å². The molecule has 0 saturated carbocycles. The Balaban J connectivity index is 1.66. The number of benzene rings is 1. The van der Waals surface area contributed by atoms with Crippen LogP contribution in [0.15, 0.2) is 61.6 Å². The fourth-order valence-corrected chi connectivity index (χ4v) is 3.93. The lowest BCUT2D eigenvalue weighted by atomic mass is 10.2. The minimum absolute atomic E-state index is 0.149. The number of carbonyl (C=O) groups is 2.